The van der Waals surface area contributed by atoms with Gasteiger partial charge in [-0.1, -0.05) is 96.6 Å². The van der Waals surface area contributed by atoms with Crippen molar-refractivity contribution in [3.63, 3.8) is 0 Å². The number of aromatic nitrogens is 1. The second kappa shape index (κ2) is 18.6. The van der Waals surface area contributed by atoms with Crippen LogP contribution in [0.5, 0.6) is 5.88 Å². The highest BCUT2D eigenvalue weighted by Gasteiger charge is 2.26. The summed E-state index contributed by atoms with van der Waals surface area (Å²) in [4.78, 5) is 43.8. The molecule has 248 valence electrons. The van der Waals surface area contributed by atoms with E-state index in [1.165, 1.54) is 0 Å². The Morgan fingerprint density at radius 1 is 0.848 bits per heavy atom. The highest BCUT2D eigenvalue weighted by atomic mass is 16.5. The first-order chi connectivity index (χ1) is 22.3. The summed E-state index contributed by atoms with van der Waals surface area (Å²) in [6.07, 6.45) is 8.90. The number of esters is 1. The molecule has 9 nitrogen and oxygen atoms in total. The predicted octanol–water partition coefficient (Wildman–Crippen LogP) is 9.21. The second-order valence-electron chi connectivity index (χ2n) is 11.8. The Hall–Kier alpha value is -4.27. The molecule has 2 atom stereocenters. The van der Waals surface area contributed by atoms with E-state index in [-0.39, 0.29) is 29.3 Å². The first-order valence-electron chi connectivity index (χ1n) is 16.8. The van der Waals surface area contributed by atoms with Crippen LogP contribution in [0, 0.1) is 11.8 Å². The van der Waals surface area contributed by atoms with Crippen LogP contribution in [-0.2, 0) is 4.74 Å². The number of nitrogens with zero attached hydrogens (tertiary/aromatic N) is 3. The van der Waals surface area contributed by atoms with Crippen molar-refractivity contribution in [3.05, 3.63) is 76.1 Å². The number of H-pyrrole nitrogens is 1. The summed E-state index contributed by atoms with van der Waals surface area (Å²) in [5.41, 5.74) is 0.501. The van der Waals surface area contributed by atoms with Gasteiger partial charge in [0.05, 0.1) is 12.3 Å². The van der Waals surface area contributed by atoms with E-state index in [4.69, 9.17) is 4.74 Å². The second-order valence-corrected chi connectivity index (χ2v) is 11.8. The molecule has 2 unspecified atom stereocenters. The molecule has 3 aromatic rings. The molecule has 46 heavy (non-hydrogen) atoms. The van der Waals surface area contributed by atoms with E-state index in [1.54, 1.807) is 61.5 Å². The number of aromatic hydroxyl groups is 1. The van der Waals surface area contributed by atoms with Crippen molar-refractivity contribution in [3.8, 4) is 17.0 Å². The van der Waals surface area contributed by atoms with Gasteiger partial charge in [0.2, 0.25) is 5.88 Å². The Balaban J connectivity index is 1.94. The van der Waals surface area contributed by atoms with Crippen LogP contribution in [0.1, 0.15) is 107 Å². The van der Waals surface area contributed by atoms with E-state index < -0.39 is 17.4 Å². The highest BCUT2D eigenvalue weighted by Crippen LogP contribution is 2.38. The molecule has 2 N–H and O–H groups in total. The van der Waals surface area contributed by atoms with Crippen molar-refractivity contribution in [2.45, 2.75) is 86.0 Å². The largest absolute Gasteiger partial charge is 0.493 e. The Labute approximate surface area is 273 Å². The zero-order valence-corrected chi connectivity index (χ0v) is 28.1. The molecular weight excluding hydrogens is 580 g/mol. The third-order valence-corrected chi connectivity index (χ3v) is 8.42. The molecule has 0 spiro atoms. The zero-order valence-electron chi connectivity index (χ0n) is 28.1. The molecule has 0 saturated heterocycles. The lowest BCUT2D eigenvalue weighted by Crippen LogP contribution is -2.39. The molecule has 0 saturated carbocycles. The molecule has 9 heteroatoms. The quantitative estimate of drug-likeness (QED) is 0.107. The van der Waals surface area contributed by atoms with Gasteiger partial charge in [-0.3, -0.25) is 14.6 Å². The van der Waals surface area contributed by atoms with Gasteiger partial charge in [-0.05, 0) is 61.4 Å². The predicted molar refractivity (Wildman–Crippen MR) is 183 cm³/mol. The number of benzene rings is 2. The van der Waals surface area contributed by atoms with Gasteiger partial charge in [0.25, 0.3) is 11.5 Å². The van der Waals surface area contributed by atoms with Crippen molar-refractivity contribution in [2.24, 2.45) is 22.1 Å². The number of aromatic amines is 1. The molecule has 0 fully saturated rings. The van der Waals surface area contributed by atoms with E-state index in [0.717, 1.165) is 64.5 Å². The molecule has 0 aliphatic heterocycles. The summed E-state index contributed by atoms with van der Waals surface area (Å²) in [5, 5.41) is 19.3. The van der Waals surface area contributed by atoms with Crippen molar-refractivity contribution in [2.75, 3.05) is 19.7 Å². The normalized spacial score (nSPS) is 12.6. The van der Waals surface area contributed by atoms with Crippen molar-refractivity contribution >= 4 is 23.3 Å². The number of rotatable bonds is 18. The minimum absolute atomic E-state index is 0.0112. The SMILES string of the molecule is CCCCC(CC)CN(CC(CC)CCCC)C(=O)c1ccc(/N=N/c2c(O)[nH]c(=O)c(C(=O)OCC)c2-c2ccccc2)cc1. The van der Waals surface area contributed by atoms with Gasteiger partial charge in [0.15, 0.2) is 5.69 Å². The number of nitrogens with one attached hydrogen (secondary N) is 1. The monoisotopic (exact) mass is 630 g/mol. The van der Waals surface area contributed by atoms with Gasteiger partial charge in [0, 0.05) is 24.2 Å². The maximum absolute atomic E-state index is 13.9. The van der Waals surface area contributed by atoms with E-state index >= 15 is 0 Å². The minimum atomic E-state index is -0.827. The van der Waals surface area contributed by atoms with E-state index in [2.05, 4.69) is 42.9 Å². The summed E-state index contributed by atoms with van der Waals surface area (Å²) in [5.74, 6) is -0.415. The molecule has 1 amide bonds. The Kier molecular flexibility index (Phi) is 14.7. The molecule has 1 aromatic heterocycles. The molecule has 0 radical (unpaired) electrons. The molecule has 0 bridgehead atoms. The average molecular weight is 631 g/mol. The number of pyridine rings is 1. The highest BCUT2D eigenvalue weighted by molar-refractivity contribution is 6.01. The van der Waals surface area contributed by atoms with E-state index in [9.17, 15) is 19.5 Å². The lowest BCUT2D eigenvalue weighted by molar-refractivity contribution is 0.0524. The first kappa shape index (κ1) is 36.2. The summed E-state index contributed by atoms with van der Waals surface area (Å²) in [6, 6.07) is 15.6. The fourth-order valence-corrected chi connectivity index (χ4v) is 5.62. The summed E-state index contributed by atoms with van der Waals surface area (Å²) >= 11 is 0. The standard InChI is InChI=1S/C37H50N4O5/c1-6-11-16-26(8-3)24-41(25-27(9-4)17-12-7-2)36(44)29-20-22-30(23-21-29)39-40-33-31(28-18-14-13-15-19-28)32(37(45)46-10-5)34(42)38-35(33)43/h13-15,18-23,26-27H,6-12,16-17,24-25H2,1-5H3,(H2,38,42,43)/b40-39+. The number of unbranched alkanes of at least 4 members (excludes halogenated alkanes) is 2. The molecule has 0 aliphatic carbocycles. The van der Waals surface area contributed by atoms with Gasteiger partial charge in [-0.15, -0.1) is 5.11 Å². The van der Waals surface area contributed by atoms with Crippen LogP contribution in [-0.4, -0.2) is 46.6 Å². The van der Waals surface area contributed by atoms with Gasteiger partial charge in [-0.25, -0.2) is 4.79 Å². The number of hydrogen-bond donors (Lipinski definition) is 2. The lowest BCUT2D eigenvalue weighted by Gasteiger charge is -2.31. The maximum Gasteiger partial charge on any atom is 0.344 e. The number of carbonyl (C=O) groups is 2. The fourth-order valence-electron chi connectivity index (χ4n) is 5.62. The Morgan fingerprint density at radius 3 is 1.96 bits per heavy atom. The van der Waals surface area contributed by atoms with Gasteiger partial charge in [-0.2, -0.15) is 5.11 Å². The molecule has 0 aliphatic rings. The smallest absolute Gasteiger partial charge is 0.344 e. The third kappa shape index (κ3) is 9.86. The maximum atomic E-state index is 13.9. The average Bonchev–Trinajstić information content (AvgIpc) is 3.07. The number of azo groups is 1. The molecule has 1 heterocycles. The van der Waals surface area contributed by atoms with Crippen LogP contribution < -0.4 is 5.56 Å². The summed E-state index contributed by atoms with van der Waals surface area (Å²) in [6.45, 7) is 12.0. The lowest BCUT2D eigenvalue weighted by atomic mass is 9.95. The van der Waals surface area contributed by atoms with Crippen LogP contribution >= 0.6 is 0 Å². The number of amides is 1. The summed E-state index contributed by atoms with van der Waals surface area (Å²) in [7, 11) is 0. The van der Waals surface area contributed by atoms with E-state index in [1.807, 2.05) is 4.90 Å². The fraction of sp³-hybridized carbons (Fsp3) is 0.486. The van der Waals surface area contributed by atoms with Crippen molar-refractivity contribution in [1.29, 1.82) is 0 Å². The van der Waals surface area contributed by atoms with Crippen LogP contribution in [0.2, 0.25) is 0 Å². The molecule has 3 rings (SSSR count). The molecular formula is C37H50N4O5. The van der Waals surface area contributed by atoms with Crippen molar-refractivity contribution < 1.29 is 19.4 Å². The van der Waals surface area contributed by atoms with E-state index in [0.29, 0.717) is 28.7 Å². The number of ether oxygens (including phenoxy) is 1. The first-order valence-corrected chi connectivity index (χ1v) is 16.8. The van der Waals surface area contributed by atoms with Crippen LogP contribution in [0.25, 0.3) is 11.1 Å². The zero-order chi connectivity index (χ0) is 33.5. The van der Waals surface area contributed by atoms with Crippen LogP contribution in [0.15, 0.2) is 69.6 Å². The van der Waals surface area contributed by atoms with Crippen LogP contribution in [0.3, 0.4) is 0 Å². The van der Waals surface area contributed by atoms with Gasteiger partial charge in [0.1, 0.15) is 5.56 Å². The van der Waals surface area contributed by atoms with Crippen molar-refractivity contribution in [1.82, 2.24) is 9.88 Å². The van der Waals surface area contributed by atoms with Gasteiger partial charge < -0.3 is 14.7 Å². The Bertz CT molecular complexity index is 1470. The summed E-state index contributed by atoms with van der Waals surface area (Å²) < 4.78 is 5.14. The topological polar surface area (TPSA) is 124 Å². The minimum Gasteiger partial charge on any atom is -0.493 e. The number of carbonyl (C=O) groups excluding carboxylic acids is 2. The van der Waals surface area contributed by atoms with Crippen LogP contribution in [0.4, 0.5) is 11.4 Å². The Morgan fingerprint density at radius 2 is 1.43 bits per heavy atom. The van der Waals surface area contributed by atoms with Gasteiger partial charge >= 0.3 is 5.97 Å². The third-order valence-electron chi connectivity index (χ3n) is 8.42. The number of hydrogen-bond acceptors (Lipinski definition) is 7. The molecule has 2 aromatic carbocycles.